The minimum absolute atomic E-state index is 0.167. The summed E-state index contributed by atoms with van der Waals surface area (Å²) >= 11 is 0. The van der Waals surface area contributed by atoms with Gasteiger partial charge in [-0.2, -0.15) is 9.57 Å². The van der Waals surface area contributed by atoms with E-state index in [2.05, 4.69) is 0 Å². The van der Waals surface area contributed by atoms with Gasteiger partial charge in [0, 0.05) is 12.6 Å². The van der Waals surface area contributed by atoms with Gasteiger partial charge < -0.3 is 0 Å². The van der Waals surface area contributed by atoms with Crippen LogP contribution in [0.5, 0.6) is 0 Å². The highest BCUT2D eigenvalue weighted by molar-refractivity contribution is 7.90. The Morgan fingerprint density at radius 3 is 2.61 bits per heavy atom. The van der Waals surface area contributed by atoms with E-state index in [1.165, 1.54) is 6.42 Å². The lowest BCUT2D eigenvalue weighted by Gasteiger charge is -2.43. The summed E-state index contributed by atoms with van der Waals surface area (Å²) in [5.74, 6) is 0.526. The van der Waals surface area contributed by atoms with Gasteiger partial charge in [0.1, 0.15) is 0 Å². The monoisotopic (exact) mass is 270 g/mol. The molecule has 2 fully saturated rings. The van der Waals surface area contributed by atoms with Gasteiger partial charge in [0.2, 0.25) is 10.0 Å². The van der Waals surface area contributed by atoms with Gasteiger partial charge in [-0.15, -0.1) is 0 Å². The van der Waals surface area contributed by atoms with Crippen molar-refractivity contribution in [3.63, 3.8) is 0 Å². The van der Waals surface area contributed by atoms with Crippen LogP contribution in [0.3, 0.4) is 0 Å². The lowest BCUT2D eigenvalue weighted by atomic mass is 9.79. The number of nitriles is 1. The topological polar surface area (TPSA) is 61.2 Å². The number of nitrogens with zero attached hydrogens (tertiary/aromatic N) is 2. The fraction of sp³-hybridized carbons (Fsp3) is 0.923. The predicted octanol–water partition coefficient (Wildman–Crippen LogP) is 2.27. The molecule has 5 heteroatoms. The largest absolute Gasteiger partial charge is 0.230 e. The van der Waals surface area contributed by atoms with Crippen molar-refractivity contribution in [2.45, 2.75) is 63.2 Å². The second-order valence-electron chi connectivity index (χ2n) is 5.44. The molecule has 1 aliphatic heterocycles. The molecule has 2 rings (SSSR count). The van der Waals surface area contributed by atoms with Gasteiger partial charge in [0.15, 0.2) is 5.25 Å². The van der Waals surface area contributed by atoms with E-state index in [9.17, 15) is 8.42 Å². The average molecular weight is 270 g/mol. The van der Waals surface area contributed by atoms with E-state index in [1.807, 2.05) is 6.07 Å². The first-order valence-corrected chi connectivity index (χ1v) is 8.51. The smallest absolute Gasteiger partial charge is 0.211 e. The van der Waals surface area contributed by atoms with E-state index in [-0.39, 0.29) is 6.04 Å². The molecule has 1 saturated heterocycles. The summed E-state index contributed by atoms with van der Waals surface area (Å²) in [6, 6.07) is 2.12. The zero-order valence-corrected chi connectivity index (χ0v) is 11.8. The maximum Gasteiger partial charge on any atom is 0.230 e. The maximum atomic E-state index is 12.5. The molecule has 0 N–H and O–H groups in total. The zero-order valence-electron chi connectivity index (χ0n) is 11.0. The van der Waals surface area contributed by atoms with Crippen molar-refractivity contribution in [1.29, 1.82) is 5.26 Å². The molecule has 0 spiro atoms. The lowest BCUT2D eigenvalue weighted by molar-refractivity contribution is 0.128. The van der Waals surface area contributed by atoms with Crippen LogP contribution in [0.4, 0.5) is 0 Å². The minimum atomic E-state index is -3.42. The standard InChI is InChI=1S/C13H22N2O2S/c1-2-12(10-14)18(16,17)15-9-5-7-11-6-3-4-8-13(11)15/h11-13H,2-9H2,1H3. The van der Waals surface area contributed by atoms with E-state index in [1.54, 1.807) is 11.2 Å². The first kappa shape index (κ1) is 13.8. The van der Waals surface area contributed by atoms with Gasteiger partial charge in [-0.05, 0) is 38.0 Å². The molecular formula is C13H22N2O2S. The normalized spacial score (nSPS) is 31.3. The number of piperidine rings is 1. The number of hydrogen-bond acceptors (Lipinski definition) is 3. The maximum absolute atomic E-state index is 12.5. The number of fused-ring (bicyclic) bond motifs is 1. The second kappa shape index (κ2) is 5.58. The summed E-state index contributed by atoms with van der Waals surface area (Å²) < 4.78 is 26.7. The first-order valence-electron chi connectivity index (χ1n) is 7.01. The van der Waals surface area contributed by atoms with Crippen molar-refractivity contribution in [3.8, 4) is 6.07 Å². The number of sulfonamides is 1. The van der Waals surface area contributed by atoms with Crippen LogP contribution in [0.2, 0.25) is 0 Å². The van der Waals surface area contributed by atoms with Gasteiger partial charge >= 0.3 is 0 Å². The highest BCUT2D eigenvalue weighted by atomic mass is 32.2. The Bertz CT molecular complexity index is 425. The summed E-state index contributed by atoms with van der Waals surface area (Å²) in [4.78, 5) is 0. The molecule has 18 heavy (non-hydrogen) atoms. The van der Waals surface area contributed by atoms with Gasteiger partial charge in [0.25, 0.3) is 0 Å². The molecule has 1 aliphatic carbocycles. The molecule has 2 aliphatic rings. The van der Waals surface area contributed by atoms with Gasteiger partial charge in [-0.1, -0.05) is 19.8 Å². The zero-order chi connectivity index (χ0) is 13.2. The molecule has 0 bridgehead atoms. The molecule has 102 valence electrons. The molecule has 0 aromatic carbocycles. The van der Waals surface area contributed by atoms with Crippen molar-refractivity contribution >= 4 is 10.0 Å². The van der Waals surface area contributed by atoms with E-state index in [0.29, 0.717) is 18.9 Å². The molecule has 4 nitrogen and oxygen atoms in total. The lowest BCUT2D eigenvalue weighted by Crippen LogP contribution is -2.52. The molecule has 3 atom stereocenters. The van der Waals surface area contributed by atoms with Crippen molar-refractivity contribution in [2.75, 3.05) is 6.54 Å². The third kappa shape index (κ3) is 2.41. The van der Waals surface area contributed by atoms with Crippen LogP contribution in [0.15, 0.2) is 0 Å². The van der Waals surface area contributed by atoms with Crippen LogP contribution in [0.1, 0.15) is 51.9 Å². The highest BCUT2D eigenvalue weighted by Gasteiger charge is 2.42. The van der Waals surface area contributed by atoms with Crippen molar-refractivity contribution in [3.05, 3.63) is 0 Å². The van der Waals surface area contributed by atoms with Crippen LogP contribution >= 0.6 is 0 Å². The SMILES string of the molecule is CCC(C#N)S(=O)(=O)N1CCCC2CCCCC21. The van der Waals surface area contributed by atoms with E-state index < -0.39 is 15.3 Å². The molecule has 0 aromatic heterocycles. The summed E-state index contributed by atoms with van der Waals surface area (Å²) in [5, 5.41) is 8.17. The van der Waals surface area contributed by atoms with Gasteiger partial charge in [-0.25, -0.2) is 8.42 Å². The Morgan fingerprint density at radius 1 is 1.28 bits per heavy atom. The molecular weight excluding hydrogens is 248 g/mol. The van der Waals surface area contributed by atoms with Crippen LogP contribution in [0.25, 0.3) is 0 Å². The average Bonchev–Trinajstić information content (AvgIpc) is 2.39. The number of hydrogen-bond donors (Lipinski definition) is 0. The van der Waals surface area contributed by atoms with Gasteiger partial charge in [-0.3, -0.25) is 0 Å². The Balaban J connectivity index is 2.23. The summed E-state index contributed by atoms with van der Waals surface area (Å²) in [6.45, 7) is 2.38. The van der Waals surface area contributed by atoms with Crippen LogP contribution in [-0.2, 0) is 10.0 Å². The van der Waals surface area contributed by atoms with Crippen molar-refractivity contribution in [1.82, 2.24) is 4.31 Å². The Kier molecular flexibility index (Phi) is 4.29. The molecule has 3 unspecified atom stereocenters. The van der Waals surface area contributed by atoms with E-state index in [4.69, 9.17) is 5.26 Å². The van der Waals surface area contributed by atoms with Crippen molar-refractivity contribution < 1.29 is 8.42 Å². The third-order valence-corrected chi connectivity index (χ3v) is 6.66. The Labute approximate surface area is 110 Å². The Hall–Kier alpha value is -0.600. The third-order valence-electron chi connectivity index (χ3n) is 4.39. The summed E-state index contributed by atoms with van der Waals surface area (Å²) in [6.07, 6.45) is 6.96. The highest BCUT2D eigenvalue weighted by Crippen LogP contribution is 2.37. The minimum Gasteiger partial charge on any atom is -0.211 e. The summed E-state index contributed by atoms with van der Waals surface area (Å²) in [5.41, 5.74) is 0. The van der Waals surface area contributed by atoms with E-state index in [0.717, 1.165) is 32.1 Å². The quantitative estimate of drug-likeness (QED) is 0.790. The molecule has 1 heterocycles. The van der Waals surface area contributed by atoms with Crippen LogP contribution in [0, 0.1) is 17.2 Å². The second-order valence-corrected chi connectivity index (χ2v) is 7.50. The molecule has 1 saturated carbocycles. The predicted molar refractivity (Wildman–Crippen MR) is 70.3 cm³/mol. The molecule has 0 radical (unpaired) electrons. The molecule has 0 amide bonds. The van der Waals surface area contributed by atoms with Crippen LogP contribution < -0.4 is 0 Å². The first-order chi connectivity index (χ1) is 8.61. The van der Waals surface area contributed by atoms with Gasteiger partial charge in [0.05, 0.1) is 6.07 Å². The van der Waals surface area contributed by atoms with E-state index >= 15 is 0 Å². The van der Waals surface area contributed by atoms with Crippen molar-refractivity contribution in [2.24, 2.45) is 5.92 Å². The summed E-state index contributed by atoms with van der Waals surface area (Å²) in [7, 11) is -3.42. The fourth-order valence-corrected chi connectivity index (χ4v) is 5.35. The Morgan fingerprint density at radius 2 is 1.94 bits per heavy atom. The van der Waals surface area contributed by atoms with Crippen LogP contribution in [-0.4, -0.2) is 30.6 Å². The molecule has 0 aromatic rings. The number of rotatable bonds is 3. The fourth-order valence-electron chi connectivity index (χ4n) is 3.43.